The molecule has 1 aliphatic heterocycles. The molecule has 1 fully saturated rings. The number of carbonyl (C=O) groups excluding carboxylic acids is 2. The second-order valence-electron chi connectivity index (χ2n) is 6.52. The monoisotopic (exact) mass is 303 g/mol. The third-order valence-corrected chi connectivity index (χ3v) is 4.74. The lowest BCUT2D eigenvalue weighted by atomic mass is 9.85. The third-order valence-electron chi connectivity index (χ3n) is 4.74. The number of hydrogen-bond donors (Lipinski definition) is 0. The summed E-state index contributed by atoms with van der Waals surface area (Å²) in [7, 11) is 0. The maximum absolute atomic E-state index is 12.7. The lowest BCUT2D eigenvalue weighted by molar-refractivity contribution is -0.134. The van der Waals surface area contributed by atoms with E-state index in [4.69, 9.17) is 4.74 Å². The molecule has 0 N–H and O–H groups in total. The largest absolute Gasteiger partial charge is 0.447 e. The average molecular weight is 303 g/mol. The number of carbonyl (C=O) groups is 2. The van der Waals surface area contributed by atoms with Crippen LogP contribution in [-0.2, 0) is 16.0 Å². The van der Waals surface area contributed by atoms with Gasteiger partial charge in [0.15, 0.2) is 0 Å². The number of nitrogens with zero attached hydrogens (tertiary/aromatic N) is 1. The van der Waals surface area contributed by atoms with Gasteiger partial charge in [0.2, 0.25) is 5.91 Å². The fraction of sp³-hybridized carbons (Fsp3) is 0.556. The molecule has 22 heavy (non-hydrogen) atoms. The summed E-state index contributed by atoms with van der Waals surface area (Å²) in [6.07, 6.45) is 0.134. The van der Waals surface area contributed by atoms with Gasteiger partial charge in [-0.3, -0.25) is 4.79 Å². The Labute approximate surface area is 132 Å². The Kier molecular flexibility index (Phi) is 5.22. The van der Waals surface area contributed by atoms with Gasteiger partial charge < -0.3 is 4.74 Å². The molecule has 4 nitrogen and oxygen atoms in total. The van der Waals surface area contributed by atoms with E-state index in [9.17, 15) is 9.59 Å². The van der Waals surface area contributed by atoms with Crippen LogP contribution >= 0.6 is 0 Å². The van der Waals surface area contributed by atoms with Gasteiger partial charge >= 0.3 is 6.09 Å². The first-order valence-corrected chi connectivity index (χ1v) is 7.95. The Morgan fingerprint density at radius 1 is 1.23 bits per heavy atom. The van der Waals surface area contributed by atoms with Crippen molar-refractivity contribution in [1.82, 2.24) is 4.90 Å². The molecular formula is C18H25NO3. The van der Waals surface area contributed by atoms with Crippen molar-refractivity contribution in [2.24, 2.45) is 17.8 Å². The van der Waals surface area contributed by atoms with E-state index in [0.717, 1.165) is 5.56 Å². The minimum Gasteiger partial charge on any atom is -0.447 e. The van der Waals surface area contributed by atoms with Crippen LogP contribution in [0.2, 0.25) is 0 Å². The molecule has 2 amide bonds. The summed E-state index contributed by atoms with van der Waals surface area (Å²) in [6.45, 7) is 8.43. The van der Waals surface area contributed by atoms with E-state index in [2.05, 4.69) is 20.8 Å². The summed E-state index contributed by atoms with van der Waals surface area (Å²) in [5.74, 6) is 0.303. The Morgan fingerprint density at radius 3 is 2.45 bits per heavy atom. The Morgan fingerprint density at radius 2 is 1.86 bits per heavy atom. The van der Waals surface area contributed by atoms with Crippen LogP contribution in [0.3, 0.4) is 0 Å². The van der Waals surface area contributed by atoms with Crippen LogP contribution in [0.1, 0.15) is 33.3 Å². The molecule has 0 saturated carbocycles. The van der Waals surface area contributed by atoms with Crippen molar-refractivity contribution < 1.29 is 14.3 Å². The molecule has 4 heteroatoms. The summed E-state index contributed by atoms with van der Waals surface area (Å²) in [4.78, 5) is 26.1. The molecule has 0 aromatic heterocycles. The van der Waals surface area contributed by atoms with Crippen LogP contribution in [0.25, 0.3) is 0 Å². The van der Waals surface area contributed by atoms with Crippen molar-refractivity contribution >= 4 is 12.0 Å². The standard InChI is InChI=1S/C18H25NO3/c1-12(2)13(3)14(4)17(20)19-16(11-22-18(19)21)10-15-8-6-5-7-9-15/h5-9,12-14,16H,10-11H2,1-4H3/t13-,14+,16+/m0/s1. The van der Waals surface area contributed by atoms with Gasteiger partial charge in [0, 0.05) is 5.92 Å². The normalized spacial score (nSPS) is 20.9. The number of hydrogen-bond acceptors (Lipinski definition) is 3. The highest BCUT2D eigenvalue weighted by Gasteiger charge is 2.41. The molecule has 0 aliphatic carbocycles. The van der Waals surface area contributed by atoms with E-state index >= 15 is 0 Å². The Balaban J connectivity index is 2.12. The van der Waals surface area contributed by atoms with E-state index in [1.807, 2.05) is 37.3 Å². The molecule has 0 spiro atoms. The van der Waals surface area contributed by atoms with Crippen LogP contribution in [0, 0.1) is 17.8 Å². The quantitative estimate of drug-likeness (QED) is 0.836. The van der Waals surface area contributed by atoms with Crippen molar-refractivity contribution in [3.05, 3.63) is 35.9 Å². The lowest BCUT2D eigenvalue weighted by Gasteiger charge is -2.28. The van der Waals surface area contributed by atoms with Crippen molar-refractivity contribution in [3.63, 3.8) is 0 Å². The van der Waals surface area contributed by atoms with Gasteiger partial charge in [0.1, 0.15) is 6.61 Å². The SMILES string of the molecule is CC(C)[C@H](C)[C@@H](C)C(=O)N1C(=O)OC[C@H]1Cc1ccccc1. The first-order chi connectivity index (χ1) is 10.4. The van der Waals surface area contributed by atoms with Crippen LogP contribution in [0.5, 0.6) is 0 Å². The fourth-order valence-corrected chi connectivity index (χ4v) is 2.79. The van der Waals surface area contributed by atoms with Gasteiger partial charge in [-0.1, -0.05) is 58.0 Å². The minimum absolute atomic E-state index is 0.121. The summed E-state index contributed by atoms with van der Waals surface area (Å²) in [5.41, 5.74) is 1.10. The molecule has 1 aromatic rings. The van der Waals surface area contributed by atoms with Gasteiger partial charge in [0.25, 0.3) is 0 Å². The number of amides is 2. The average Bonchev–Trinajstić information content (AvgIpc) is 2.86. The van der Waals surface area contributed by atoms with E-state index in [-0.39, 0.29) is 30.4 Å². The first kappa shape index (κ1) is 16.5. The molecule has 120 valence electrons. The van der Waals surface area contributed by atoms with Crippen LogP contribution in [0.4, 0.5) is 4.79 Å². The van der Waals surface area contributed by atoms with Crippen molar-refractivity contribution in [2.75, 3.05) is 6.61 Å². The first-order valence-electron chi connectivity index (χ1n) is 7.95. The molecule has 0 radical (unpaired) electrons. The molecule has 1 aromatic carbocycles. The molecular weight excluding hydrogens is 278 g/mol. The van der Waals surface area contributed by atoms with Crippen molar-refractivity contribution in [1.29, 1.82) is 0 Å². The lowest BCUT2D eigenvalue weighted by Crippen LogP contribution is -2.44. The molecule has 3 atom stereocenters. The predicted molar refractivity (Wildman–Crippen MR) is 85.3 cm³/mol. The van der Waals surface area contributed by atoms with Crippen LogP contribution < -0.4 is 0 Å². The maximum Gasteiger partial charge on any atom is 0.416 e. The molecule has 1 heterocycles. The zero-order valence-electron chi connectivity index (χ0n) is 13.8. The smallest absolute Gasteiger partial charge is 0.416 e. The molecule has 0 bridgehead atoms. The number of rotatable bonds is 5. The highest BCUT2D eigenvalue weighted by molar-refractivity contribution is 5.94. The highest BCUT2D eigenvalue weighted by atomic mass is 16.6. The van der Waals surface area contributed by atoms with Gasteiger partial charge in [0.05, 0.1) is 6.04 Å². The second kappa shape index (κ2) is 6.95. The zero-order chi connectivity index (χ0) is 16.3. The Hall–Kier alpha value is -1.84. The van der Waals surface area contributed by atoms with E-state index < -0.39 is 6.09 Å². The summed E-state index contributed by atoms with van der Waals surface area (Å²) < 4.78 is 5.13. The van der Waals surface area contributed by atoms with E-state index in [0.29, 0.717) is 12.3 Å². The van der Waals surface area contributed by atoms with Crippen LogP contribution in [-0.4, -0.2) is 29.5 Å². The summed E-state index contributed by atoms with van der Waals surface area (Å²) in [6, 6.07) is 9.68. The number of ether oxygens (including phenoxy) is 1. The molecule has 0 unspecified atom stereocenters. The van der Waals surface area contributed by atoms with Gasteiger partial charge in [-0.15, -0.1) is 0 Å². The second-order valence-corrected chi connectivity index (χ2v) is 6.52. The molecule has 1 saturated heterocycles. The molecule has 1 aliphatic rings. The number of cyclic esters (lactones) is 1. The van der Waals surface area contributed by atoms with Crippen molar-refractivity contribution in [2.45, 2.75) is 40.2 Å². The minimum atomic E-state index is -0.506. The highest BCUT2D eigenvalue weighted by Crippen LogP contribution is 2.26. The molecule has 2 rings (SSSR count). The van der Waals surface area contributed by atoms with Gasteiger partial charge in [-0.05, 0) is 23.8 Å². The summed E-state index contributed by atoms with van der Waals surface area (Å²) in [5, 5.41) is 0. The van der Waals surface area contributed by atoms with E-state index in [1.54, 1.807) is 0 Å². The van der Waals surface area contributed by atoms with E-state index in [1.165, 1.54) is 4.90 Å². The Bertz CT molecular complexity index is 526. The van der Waals surface area contributed by atoms with Crippen LogP contribution in [0.15, 0.2) is 30.3 Å². The van der Waals surface area contributed by atoms with Crippen molar-refractivity contribution in [3.8, 4) is 0 Å². The predicted octanol–water partition coefficient (Wildman–Crippen LogP) is 3.50. The number of benzene rings is 1. The van der Waals surface area contributed by atoms with Gasteiger partial charge in [-0.25, -0.2) is 9.69 Å². The number of imide groups is 1. The van der Waals surface area contributed by atoms with Gasteiger partial charge in [-0.2, -0.15) is 0 Å². The topological polar surface area (TPSA) is 46.6 Å². The maximum atomic E-state index is 12.7. The third kappa shape index (κ3) is 3.49. The fourth-order valence-electron chi connectivity index (χ4n) is 2.79. The summed E-state index contributed by atoms with van der Waals surface area (Å²) >= 11 is 0. The zero-order valence-corrected chi connectivity index (χ0v) is 13.8.